The van der Waals surface area contributed by atoms with Crippen molar-refractivity contribution in [3.63, 3.8) is 0 Å². The fourth-order valence-corrected chi connectivity index (χ4v) is 4.55. The van der Waals surface area contributed by atoms with Crippen molar-refractivity contribution in [3.8, 4) is 11.1 Å². The van der Waals surface area contributed by atoms with E-state index in [-0.39, 0.29) is 41.0 Å². The molecule has 0 radical (unpaired) electrons. The summed E-state index contributed by atoms with van der Waals surface area (Å²) in [6.07, 6.45) is 0.778. The summed E-state index contributed by atoms with van der Waals surface area (Å²) in [6, 6.07) is 25.5. The molecule has 0 spiro atoms. The first-order chi connectivity index (χ1) is 22.6. The lowest BCUT2D eigenvalue weighted by atomic mass is 9.92. The van der Waals surface area contributed by atoms with Crippen molar-refractivity contribution in [2.75, 3.05) is 19.0 Å². The Morgan fingerprint density at radius 2 is 1.51 bits per heavy atom. The summed E-state index contributed by atoms with van der Waals surface area (Å²) < 4.78 is 10.2. The minimum absolute atomic E-state index is 0.0430. The Hall–Kier alpha value is -6.03. The van der Waals surface area contributed by atoms with E-state index in [2.05, 4.69) is 22.2 Å². The van der Waals surface area contributed by atoms with Crippen LogP contribution >= 0.6 is 0 Å². The molecule has 47 heavy (non-hydrogen) atoms. The highest BCUT2D eigenvalue weighted by molar-refractivity contribution is 6.11. The third kappa shape index (κ3) is 9.01. The SMILES string of the molecule is C=Cc1ccc(-c2ccc(C(=O)NCC(C)C)cc2C(=O)OC)c(C(=O)Nc2ccc(C(N)=NC(=O)OCc3ccccc3)cc2)c1. The van der Waals surface area contributed by atoms with Crippen molar-refractivity contribution < 1.29 is 28.7 Å². The largest absolute Gasteiger partial charge is 0.465 e. The van der Waals surface area contributed by atoms with E-state index in [1.807, 2.05) is 44.2 Å². The van der Waals surface area contributed by atoms with Crippen molar-refractivity contribution in [2.45, 2.75) is 20.5 Å². The van der Waals surface area contributed by atoms with Gasteiger partial charge in [0.15, 0.2) is 0 Å². The van der Waals surface area contributed by atoms with Crippen molar-refractivity contribution in [1.29, 1.82) is 0 Å². The number of ether oxygens (including phenoxy) is 2. The summed E-state index contributed by atoms with van der Waals surface area (Å²) in [6.45, 7) is 8.30. The average molecular weight is 633 g/mol. The van der Waals surface area contributed by atoms with Gasteiger partial charge in [0.25, 0.3) is 11.8 Å². The molecule has 0 bridgehead atoms. The standard InChI is InChI=1S/C37H36N4O6/c1-5-24-11-17-29(30-18-14-27(20-32(30)36(44)46-4)34(42)39-21-23(2)3)31(19-24)35(43)40-28-15-12-26(13-16-28)33(38)41-37(45)47-22-25-9-7-6-8-10-25/h5-20,23H,1,21-22H2,2-4H3,(H,39,42)(H,40,43)(H2,38,41,45). The van der Waals surface area contributed by atoms with Gasteiger partial charge in [0.1, 0.15) is 12.4 Å². The van der Waals surface area contributed by atoms with E-state index < -0.39 is 18.0 Å². The average Bonchev–Trinajstić information content (AvgIpc) is 3.09. The number of nitrogens with one attached hydrogen (secondary N) is 2. The third-order valence-corrected chi connectivity index (χ3v) is 7.03. The van der Waals surface area contributed by atoms with E-state index in [9.17, 15) is 19.2 Å². The van der Waals surface area contributed by atoms with Gasteiger partial charge in [-0.2, -0.15) is 4.99 Å². The lowest BCUT2D eigenvalue weighted by molar-refractivity contribution is 0.0601. The lowest BCUT2D eigenvalue weighted by Crippen LogP contribution is -2.27. The zero-order valence-electron chi connectivity index (χ0n) is 26.4. The van der Waals surface area contributed by atoms with E-state index in [0.29, 0.717) is 34.5 Å². The lowest BCUT2D eigenvalue weighted by Gasteiger charge is -2.16. The molecular formula is C37H36N4O6. The van der Waals surface area contributed by atoms with Crippen molar-refractivity contribution >= 4 is 41.5 Å². The Bertz CT molecular complexity index is 1810. The number of esters is 1. The molecule has 0 saturated heterocycles. The maximum atomic E-state index is 13.7. The molecule has 0 aliphatic rings. The summed E-state index contributed by atoms with van der Waals surface area (Å²) in [4.78, 5) is 55.3. The number of hydrogen-bond donors (Lipinski definition) is 3. The Morgan fingerprint density at radius 3 is 2.17 bits per heavy atom. The van der Waals surface area contributed by atoms with Crippen LogP contribution in [0.2, 0.25) is 0 Å². The maximum Gasteiger partial charge on any atom is 0.435 e. The van der Waals surface area contributed by atoms with Crippen LogP contribution in [0.25, 0.3) is 17.2 Å². The zero-order valence-corrected chi connectivity index (χ0v) is 26.4. The fourth-order valence-electron chi connectivity index (χ4n) is 4.55. The normalized spacial score (nSPS) is 11.0. The zero-order chi connectivity index (χ0) is 33.9. The van der Waals surface area contributed by atoms with Crippen LogP contribution in [0.3, 0.4) is 0 Å². The first-order valence-corrected chi connectivity index (χ1v) is 14.8. The molecule has 4 N–H and O–H groups in total. The molecule has 0 fully saturated rings. The van der Waals surface area contributed by atoms with Crippen LogP contribution in [-0.2, 0) is 16.1 Å². The van der Waals surface area contributed by atoms with Crippen LogP contribution in [0.4, 0.5) is 10.5 Å². The van der Waals surface area contributed by atoms with Crippen LogP contribution in [-0.4, -0.2) is 43.4 Å². The molecule has 4 aromatic carbocycles. The van der Waals surface area contributed by atoms with E-state index in [4.69, 9.17) is 15.2 Å². The van der Waals surface area contributed by atoms with Crippen LogP contribution in [0.15, 0.2) is 103 Å². The number of amidine groups is 1. The van der Waals surface area contributed by atoms with Gasteiger partial charge in [-0.3, -0.25) is 9.59 Å². The summed E-state index contributed by atoms with van der Waals surface area (Å²) in [5, 5.41) is 5.70. The Morgan fingerprint density at radius 1 is 0.851 bits per heavy atom. The van der Waals surface area contributed by atoms with Gasteiger partial charge in [-0.05, 0) is 70.6 Å². The second-order valence-electron chi connectivity index (χ2n) is 10.9. The molecule has 3 amide bonds. The summed E-state index contributed by atoms with van der Waals surface area (Å²) in [5.74, 6) is -1.24. The Labute approximate surface area is 273 Å². The van der Waals surface area contributed by atoms with E-state index in [1.54, 1.807) is 60.7 Å². The highest BCUT2D eigenvalue weighted by Gasteiger charge is 2.22. The summed E-state index contributed by atoms with van der Waals surface area (Å²) in [5.41, 5.74) is 9.96. The predicted molar refractivity (Wildman–Crippen MR) is 182 cm³/mol. The van der Waals surface area contributed by atoms with Crippen LogP contribution < -0.4 is 16.4 Å². The molecule has 0 saturated carbocycles. The number of anilines is 1. The molecule has 0 heterocycles. The molecule has 10 nitrogen and oxygen atoms in total. The molecule has 4 aromatic rings. The van der Waals surface area contributed by atoms with Crippen LogP contribution in [0.1, 0.15) is 61.6 Å². The molecule has 0 unspecified atom stereocenters. The van der Waals surface area contributed by atoms with Gasteiger partial charge in [-0.1, -0.05) is 75.0 Å². The first-order valence-electron chi connectivity index (χ1n) is 14.8. The smallest absolute Gasteiger partial charge is 0.435 e. The molecule has 0 atom stereocenters. The molecule has 0 aromatic heterocycles. The minimum atomic E-state index is -0.825. The van der Waals surface area contributed by atoms with Gasteiger partial charge in [0, 0.05) is 28.9 Å². The van der Waals surface area contributed by atoms with Gasteiger partial charge < -0.3 is 25.8 Å². The number of carbonyl (C=O) groups is 4. The number of benzene rings is 4. The van der Waals surface area contributed by atoms with Gasteiger partial charge in [-0.15, -0.1) is 0 Å². The Balaban J connectivity index is 1.56. The van der Waals surface area contributed by atoms with Gasteiger partial charge in [0.05, 0.1) is 12.7 Å². The van der Waals surface area contributed by atoms with Crippen molar-refractivity contribution in [3.05, 3.63) is 131 Å². The summed E-state index contributed by atoms with van der Waals surface area (Å²) >= 11 is 0. The van der Waals surface area contributed by atoms with Gasteiger partial charge >= 0.3 is 12.1 Å². The highest BCUT2D eigenvalue weighted by atomic mass is 16.5. The molecular weight excluding hydrogens is 596 g/mol. The fraction of sp³-hybridized carbons (Fsp3) is 0.162. The van der Waals surface area contributed by atoms with Crippen LogP contribution in [0, 0.1) is 5.92 Å². The molecule has 240 valence electrons. The second-order valence-corrected chi connectivity index (χ2v) is 10.9. The summed E-state index contributed by atoms with van der Waals surface area (Å²) in [7, 11) is 1.25. The monoisotopic (exact) mass is 632 g/mol. The number of hydrogen-bond acceptors (Lipinski definition) is 6. The number of nitrogens with two attached hydrogens (primary N) is 1. The number of carbonyl (C=O) groups excluding carboxylic acids is 4. The molecule has 10 heteroatoms. The first kappa shape index (κ1) is 33.9. The number of methoxy groups -OCH3 is 1. The molecule has 0 aliphatic carbocycles. The number of nitrogens with zero attached hydrogens (tertiary/aromatic N) is 1. The molecule has 0 aliphatic heterocycles. The third-order valence-electron chi connectivity index (χ3n) is 7.03. The van der Waals surface area contributed by atoms with Crippen LogP contribution in [0.5, 0.6) is 0 Å². The highest BCUT2D eigenvalue weighted by Crippen LogP contribution is 2.31. The number of rotatable bonds is 11. The van der Waals surface area contributed by atoms with E-state index in [1.165, 1.54) is 13.2 Å². The maximum absolute atomic E-state index is 13.7. The van der Waals surface area contributed by atoms with Crippen molar-refractivity contribution in [1.82, 2.24) is 5.32 Å². The van der Waals surface area contributed by atoms with E-state index >= 15 is 0 Å². The molecule has 4 rings (SSSR count). The predicted octanol–water partition coefficient (Wildman–Crippen LogP) is 6.46. The van der Waals surface area contributed by atoms with E-state index in [0.717, 1.165) is 5.56 Å². The second kappa shape index (κ2) is 15.8. The van der Waals surface area contributed by atoms with Gasteiger partial charge in [-0.25, -0.2) is 9.59 Å². The number of aliphatic imine (C=N–C) groups is 1. The van der Waals surface area contributed by atoms with Gasteiger partial charge in [0.2, 0.25) is 0 Å². The number of amides is 3. The Kier molecular flexibility index (Phi) is 11.4. The minimum Gasteiger partial charge on any atom is -0.465 e. The van der Waals surface area contributed by atoms with Crippen molar-refractivity contribution in [2.24, 2.45) is 16.6 Å². The topological polar surface area (TPSA) is 149 Å². The quantitative estimate of drug-likeness (QED) is 0.0975.